The zero-order valence-corrected chi connectivity index (χ0v) is 13.1. The van der Waals surface area contributed by atoms with Crippen LogP contribution in [0.2, 0.25) is 10.3 Å². The molecular weight excluding hydrogens is 387 g/mol. The molecule has 0 fully saturated rings. The van der Waals surface area contributed by atoms with Crippen molar-refractivity contribution in [2.75, 3.05) is 5.32 Å². The van der Waals surface area contributed by atoms with Crippen molar-refractivity contribution in [1.29, 1.82) is 0 Å². The van der Waals surface area contributed by atoms with Crippen LogP contribution in [0.4, 0.5) is 11.4 Å². The van der Waals surface area contributed by atoms with E-state index < -0.39 is 10.8 Å². The van der Waals surface area contributed by atoms with Gasteiger partial charge in [-0.25, -0.2) is 9.97 Å². The van der Waals surface area contributed by atoms with Crippen LogP contribution in [0.1, 0.15) is 10.4 Å². The summed E-state index contributed by atoms with van der Waals surface area (Å²) in [4.78, 5) is 29.7. The Morgan fingerprint density at radius 3 is 2.48 bits per heavy atom. The first-order valence-electron chi connectivity index (χ1n) is 5.31. The largest absolute Gasteiger partial charge is 0.317 e. The lowest BCUT2D eigenvalue weighted by atomic mass is 10.2. The van der Waals surface area contributed by atoms with Gasteiger partial charge in [-0.15, -0.1) is 0 Å². The van der Waals surface area contributed by atoms with Crippen molar-refractivity contribution in [1.82, 2.24) is 9.97 Å². The lowest BCUT2D eigenvalue weighted by Gasteiger charge is -2.08. The van der Waals surface area contributed by atoms with E-state index in [0.717, 1.165) is 12.4 Å². The summed E-state index contributed by atoms with van der Waals surface area (Å²) in [5, 5.41) is 13.1. The van der Waals surface area contributed by atoms with E-state index >= 15 is 0 Å². The fraction of sp³-hybridized carbons (Fsp3) is 0. The number of halogens is 3. The Kier molecular flexibility index (Phi) is 4.71. The minimum Gasteiger partial charge on any atom is -0.317 e. The lowest BCUT2D eigenvalue weighted by Crippen LogP contribution is -2.14. The first-order chi connectivity index (χ1) is 9.90. The molecule has 0 saturated heterocycles. The summed E-state index contributed by atoms with van der Waals surface area (Å²) in [6, 6.07) is 3.80. The molecule has 1 aromatic carbocycles. The summed E-state index contributed by atoms with van der Waals surface area (Å²) in [6.07, 6.45) is 1.14. The standard InChI is InChI=1S/C11H5BrCl2N4O3/c12-7-2-1-5(18(20)21)3-6(7)11(19)17-8-9(13)15-4-16-10(8)14/h1-4H,(H,17,19). The number of benzene rings is 1. The van der Waals surface area contributed by atoms with Crippen LogP contribution in [0.3, 0.4) is 0 Å². The van der Waals surface area contributed by atoms with E-state index in [4.69, 9.17) is 23.2 Å². The molecule has 10 heteroatoms. The number of nitrogens with zero attached hydrogens (tertiary/aromatic N) is 3. The highest BCUT2D eigenvalue weighted by Crippen LogP contribution is 2.28. The van der Waals surface area contributed by atoms with Gasteiger partial charge in [0.15, 0.2) is 10.3 Å². The molecule has 1 aromatic heterocycles. The predicted molar refractivity (Wildman–Crippen MR) is 80.8 cm³/mol. The Hall–Kier alpha value is -1.77. The van der Waals surface area contributed by atoms with Gasteiger partial charge in [0, 0.05) is 16.6 Å². The van der Waals surface area contributed by atoms with Gasteiger partial charge in [0.1, 0.15) is 12.0 Å². The summed E-state index contributed by atoms with van der Waals surface area (Å²) in [6.45, 7) is 0. The van der Waals surface area contributed by atoms with Crippen molar-refractivity contribution in [3.05, 3.63) is 55.0 Å². The number of anilines is 1. The van der Waals surface area contributed by atoms with Gasteiger partial charge < -0.3 is 5.32 Å². The van der Waals surface area contributed by atoms with Crippen LogP contribution in [0, 0.1) is 10.1 Å². The van der Waals surface area contributed by atoms with E-state index in [2.05, 4.69) is 31.2 Å². The third-order valence-electron chi connectivity index (χ3n) is 2.40. The van der Waals surface area contributed by atoms with Gasteiger partial charge >= 0.3 is 0 Å². The van der Waals surface area contributed by atoms with Gasteiger partial charge in [-0.3, -0.25) is 14.9 Å². The number of carbonyl (C=O) groups is 1. The number of aromatic nitrogens is 2. The summed E-state index contributed by atoms with van der Waals surface area (Å²) < 4.78 is 0.384. The van der Waals surface area contributed by atoms with Gasteiger partial charge in [0.2, 0.25) is 0 Å². The van der Waals surface area contributed by atoms with Crippen molar-refractivity contribution in [3.63, 3.8) is 0 Å². The Morgan fingerprint density at radius 2 is 1.90 bits per heavy atom. The molecule has 0 spiro atoms. The zero-order valence-electron chi connectivity index (χ0n) is 10.0. The zero-order chi connectivity index (χ0) is 15.6. The number of rotatable bonds is 3. The molecular formula is C11H5BrCl2N4O3. The number of amides is 1. The number of nitrogens with one attached hydrogen (secondary N) is 1. The number of nitro groups is 1. The monoisotopic (exact) mass is 390 g/mol. The van der Waals surface area contributed by atoms with Gasteiger partial charge in [0.05, 0.1) is 10.5 Å². The van der Waals surface area contributed by atoms with Crippen molar-refractivity contribution < 1.29 is 9.72 Å². The average molecular weight is 392 g/mol. The van der Waals surface area contributed by atoms with E-state index in [9.17, 15) is 14.9 Å². The van der Waals surface area contributed by atoms with E-state index in [1.807, 2.05) is 0 Å². The van der Waals surface area contributed by atoms with Crippen molar-refractivity contribution in [2.45, 2.75) is 0 Å². The highest BCUT2D eigenvalue weighted by molar-refractivity contribution is 9.10. The van der Waals surface area contributed by atoms with Crippen molar-refractivity contribution in [2.24, 2.45) is 0 Å². The molecule has 2 aromatic rings. The van der Waals surface area contributed by atoms with Crippen LogP contribution in [0.15, 0.2) is 29.0 Å². The second kappa shape index (κ2) is 6.33. The maximum absolute atomic E-state index is 12.2. The molecule has 7 nitrogen and oxygen atoms in total. The molecule has 0 bridgehead atoms. The van der Waals surface area contributed by atoms with E-state index in [-0.39, 0.29) is 27.2 Å². The van der Waals surface area contributed by atoms with Crippen LogP contribution >= 0.6 is 39.1 Å². The van der Waals surface area contributed by atoms with Crippen LogP contribution in [0.25, 0.3) is 0 Å². The molecule has 0 aliphatic heterocycles. The first kappa shape index (κ1) is 15.6. The quantitative estimate of drug-likeness (QED) is 0.488. The Morgan fingerprint density at radius 1 is 1.29 bits per heavy atom. The number of hydrogen-bond donors (Lipinski definition) is 1. The number of hydrogen-bond acceptors (Lipinski definition) is 5. The second-order valence-electron chi connectivity index (χ2n) is 3.71. The van der Waals surface area contributed by atoms with E-state index in [0.29, 0.717) is 4.47 Å². The number of carbonyl (C=O) groups excluding carboxylic acids is 1. The van der Waals surface area contributed by atoms with Gasteiger partial charge in [0.25, 0.3) is 11.6 Å². The third-order valence-corrected chi connectivity index (χ3v) is 3.66. The molecule has 108 valence electrons. The number of non-ortho nitro benzene ring substituents is 1. The average Bonchev–Trinajstić information content (AvgIpc) is 2.43. The van der Waals surface area contributed by atoms with Gasteiger partial charge in [-0.05, 0) is 22.0 Å². The molecule has 1 amide bonds. The first-order valence-corrected chi connectivity index (χ1v) is 6.86. The van der Waals surface area contributed by atoms with Gasteiger partial charge in [-0.1, -0.05) is 23.2 Å². The molecule has 2 rings (SSSR count). The third kappa shape index (κ3) is 3.46. The smallest absolute Gasteiger partial charge is 0.270 e. The van der Waals surface area contributed by atoms with Crippen molar-refractivity contribution >= 4 is 56.4 Å². The van der Waals surface area contributed by atoms with Crippen LogP contribution in [0.5, 0.6) is 0 Å². The maximum Gasteiger partial charge on any atom is 0.270 e. The molecule has 0 unspecified atom stereocenters. The lowest BCUT2D eigenvalue weighted by molar-refractivity contribution is -0.384. The Balaban J connectivity index is 2.37. The molecule has 1 N–H and O–H groups in total. The predicted octanol–water partition coefficient (Wildman–Crippen LogP) is 3.71. The summed E-state index contributed by atoms with van der Waals surface area (Å²) in [5.74, 6) is -0.635. The number of nitro benzene ring substituents is 1. The fourth-order valence-electron chi connectivity index (χ4n) is 1.43. The Labute approximate surface area is 136 Å². The summed E-state index contributed by atoms with van der Waals surface area (Å²) >= 11 is 14.8. The molecule has 1 heterocycles. The van der Waals surface area contributed by atoms with Crippen LogP contribution in [-0.4, -0.2) is 20.8 Å². The second-order valence-corrected chi connectivity index (χ2v) is 5.28. The molecule has 0 saturated carbocycles. The maximum atomic E-state index is 12.2. The van der Waals surface area contributed by atoms with E-state index in [1.165, 1.54) is 12.1 Å². The highest BCUT2D eigenvalue weighted by Gasteiger charge is 2.18. The van der Waals surface area contributed by atoms with Crippen LogP contribution in [-0.2, 0) is 0 Å². The van der Waals surface area contributed by atoms with Gasteiger partial charge in [-0.2, -0.15) is 0 Å². The summed E-state index contributed by atoms with van der Waals surface area (Å²) in [5.41, 5.74) is -0.130. The SMILES string of the molecule is O=C(Nc1c(Cl)ncnc1Cl)c1cc([N+](=O)[O-])ccc1Br. The minimum absolute atomic E-state index is 0.0317. The highest BCUT2D eigenvalue weighted by atomic mass is 79.9. The van der Waals surface area contributed by atoms with Crippen molar-refractivity contribution in [3.8, 4) is 0 Å². The normalized spacial score (nSPS) is 10.2. The molecule has 0 atom stereocenters. The van der Waals surface area contributed by atoms with E-state index in [1.54, 1.807) is 0 Å². The molecule has 0 radical (unpaired) electrons. The van der Waals surface area contributed by atoms with Crippen LogP contribution < -0.4 is 5.32 Å². The summed E-state index contributed by atoms with van der Waals surface area (Å²) in [7, 11) is 0. The molecule has 21 heavy (non-hydrogen) atoms. The molecule has 0 aliphatic carbocycles. The minimum atomic E-state index is -0.635. The topological polar surface area (TPSA) is 98.0 Å². The fourth-order valence-corrected chi connectivity index (χ4v) is 2.27. The molecule has 0 aliphatic rings. The Bertz CT molecular complexity index is 721.